The first-order valence-electron chi connectivity index (χ1n) is 5.27. The van der Waals surface area contributed by atoms with Gasteiger partial charge in [-0.3, -0.25) is 9.69 Å². The van der Waals surface area contributed by atoms with Gasteiger partial charge in [-0.15, -0.1) is 11.8 Å². The standard InChI is InChI=1S/C10H13NO4S2/c1-3-16-10-6(9(14)15)11-7(13)5(4(2)12)8(11)17-10/h4-5,8,12H,3H2,1-2H3,(H,14,15)/t4-,5+,8+/m1/s1. The van der Waals surface area contributed by atoms with Crippen molar-refractivity contribution in [3.8, 4) is 0 Å². The molecule has 3 atom stereocenters. The zero-order valence-corrected chi connectivity index (χ0v) is 11.0. The minimum Gasteiger partial charge on any atom is -0.477 e. The van der Waals surface area contributed by atoms with Gasteiger partial charge >= 0.3 is 5.97 Å². The van der Waals surface area contributed by atoms with E-state index in [1.807, 2.05) is 6.92 Å². The molecule has 1 amide bonds. The lowest BCUT2D eigenvalue weighted by atomic mass is 9.92. The highest BCUT2D eigenvalue weighted by molar-refractivity contribution is 8.22. The Labute approximate surface area is 107 Å². The number of carbonyl (C=O) groups is 2. The summed E-state index contributed by atoms with van der Waals surface area (Å²) in [6.07, 6.45) is -0.739. The molecule has 0 saturated carbocycles. The summed E-state index contributed by atoms with van der Waals surface area (Å²) in [5.41, 5.74) is 0.0775. The minimum absolute atomic E-state index is 0.0775. The average Bonchev–Trinajstić information content (AvgIpc) is 2.53. The van der Waals surface area contributed by atoms with Gasteiger partial charge in [-0.05, 0) is 12.7 Å². The molecule has 17 heavy (non-hydrogen) atoms. The van der Waals surface area contributed by atoms with Gasteiger partial charge in [0.2, 0.25) is 5.91 Å². The molecule has 2 N–H and O–H groups in total. The Hall–Kier alpha value is -0.660. The number of hydrogen-bond donors (Lipinski definition) is 2. The Morgan fingerprint density at radius 3 is 2.76 bits per heavy atom. The molecule has 2 aliphatic heterocycles. The van der Waals surface area contributed by atoms with Crippen LogP contribution in [0.2, 0.25) is 0 Å². The van der Waals surface area contributed by atoms with Crippen LogP contribution in [0.3, 0.4) is 0 Å². The molecule has 1 fully saturated rings. The van der Waals surface area contributed by atoms with Crippen molar-refractivity contribution in [3.63, 3.8) is 0 Å². The Morgan fingerprint density at radius 2 is 2.29 bits per heavy atom. The van der Waals surface area contributed by atoms with Gasteiger partial charge in [0.25, 0.3) is 0 Å². The fourth-order valence-electron chi connectivity index (χ4n) is 1.98. The molecule has 0 unspecified atom stereocenters. The number of hydrogen-bond acceptors (Lipinski definition) is 5. The SMILES string of the molecule is CCSC1=C(C(=O)O)N2C(=O)[C@H]([C@@H](C)O)[C@@H]2S1. The molecule has 0 radical (unpaired) electrons. The summed E-state index contributed by atoms with van der Waals surface area (Å²) in [5.74, 6) is -1.09. The molecule has 0 aromatic carbocycles. The maximum absolute atomic E-state index is 11.8. The van der Waals surface area contributed by atoms with Crippen LogP contribution in [0.5, 0.6) is 0 Å². The fourth-order valence-corrected chi connectivity index (χ4v) is 4.81. The van der Waals surface area contributed by atoms with Gasteiger partial charge in [-0.1, -0.05) is 18.7 Å². The Balaban J connectivity index is 2.26. The second kappa shape index (κ2) is 4.55. The van der Waals surface area contributed by atoms with E-state index < -0.39 is 18.0 Å². The first kappa shape index (κ1) is 12.8. The van der Waals surface area contributed by atoms with Crippen molar-refractivity contribution in [2.24, 2.45) is 5.92 Å². The monoisotopic (exact) mass is 275 g/mol. The highest BCUT2D eigenvalue weighted by atomic mass is 32.2. The van der Waals surface area contributed by atoms with Crippen molar-refractivity contribution >= 4 is 35.4 Å². The lowest BCUT2D eigenvalue weighted by Crippen LogP contribution is -2.60. The van der Waals surface area contributed by atoms with Gasteiger partial charge in [-0.25, -0.2) is 4.79 Å². The molecule has 7 heteroatoms. The molecular formula is C10H13NO4S2. The topological polar surface area (TPSA) is 77.8 Å². The van der Waals surface area contributed by atoms with Crippen molar-refractivity contribution in [3.05, 3.63) is 9.93 Å². The molecule has 0 aromatic heterocycles. The molecule has 0 aliphatic carbocycles. The number of β-lactam (4-membered cyclic amide) rings is 1. The van der Waals surface area contributed by atoms with E-state index in [1.54, 1.807) is 6.92 Å². The van der Waals surface area contributed by atoms with Crippen molar-refractivity contribution in [1.82, 2.24) is 4.90 Å². The number of amides is 1. The third-order valence-electron chi connectivity index (χ3n) is 2.74. The number of carboxylic acids is 1. The second-order valence-electron chi connectivity index (χ2n) is 3.86. The summed E-state index contributed by atoms with van der Waals surface area (Å²) >= 11 is 2.79. The first-order valence-corrected chi connectivity index (χ1v) is 7.13. The minimum atomic E-state index is -1.08. The highest BCUT2D eigenvalue weighted by Crippen LogP contribution is 2.53. The number of aliphatic hydroxyl groups is 1. The molecule has 94 valence electrons. The van der Waals surface area contributed by atoms with E-state index in [1.165, 1.54) is 28.4 Å². The van der Waals surface area contributed by atoms with E-state index in [0.29, 0.717) is 4.24 Å². The molecule has 5 nitrogen and oxygen atoms in total. The molecule has 2 rings (SSSR count). The lowest BCUT2D eigenvalue weighted by Gasteiger charge is -2.43. The van der Waals surface area contributed by atoms with Gasteiger partial charge in [0.15, 0.2) is 5.70 Å². The summed E-state index contributed by atoms with van der Waals surface area (Å²) < 4.78 is 0.668. The van der Waals surface area contributed by atoms with Gasteiger partial charge < -0.3 is 10.2 Å². The molecule has 0 aromatic rings. The maximum Gasteiger partial charge on any atom is 0.354 e. The third kappa shape index (κ3) is 1.86. The Morgan fingerprint density at radius 1 is 1.65 bits per heavy atom. The van der Waals surface area contributed by atoms with Gasteiger partial charge in [0, 0.05) is 0 Å². The molecular weight excluding hydrogens is 262 g/mol. The van der Waals surface area contributed by atoms with E-state index >= 15 is 0 Å². The summed E-state index contributed by atoms with van der Waals surface area (Å²) in [4.78, 5) is 24.2. The molecule has 0 spiro atoms. The van der Waals surface area contributed by atoms with Gasteiger partial charge in [-0.2, -0.15) is 0 Å². The van der Waals surface area contributed by atoms with Crippen LogP contribution in [0.15, 0.2) is 9.93 Å². The summed E-state index contributed by atoms with van der Waals surface area (Å²) in [6, 6.07) is 0. The van der Waals surface area contributed by atoms with Crippen LogP contribution in [0.4, 0.5) is 0 Å². The lowest BCUT2D eigenvalue weighted by molar-refractivity contribution is -0.156. The van der Waals surface area contributed by atoms with Crippen LogP contribution >= 0.6 is 23.5 Å². The highest BCUT2D eigenvalue weighted by Gasteiger charge is 2.57. The predicted octanol–water partition coefficient (Wildman–Crippen LogP) is 0.905. The Kier molecular flexibility index (Phi) is 3.42. The number of fused-ring (bicyclic) bond motifs is 1. The quantitative estimate of drug-likeness (QED) is 0.742. The molecule has 1 saturated heterocycles. The van der Waals surface area contributed by atoms with Crippen molar-refractivity contribution in [2.45, 2.75) is 25.3 Å². The number of nitrogens with zero attached hydrogens (tertiary/aromatic N) is 1. The first-order chi connectivity index (χ1) is 7.99. The van der Waals surface area contributed by atoms with Crippen molar-refractivity contribution in [1.29, 1.82) is 0 Å². The summed E-state index contributed by atoms with van der Waals surface area (Å²) in [7, 11) is 0. The van der Waals surface area contributed by atoms with Gasteiger partial charge in [0.05, 0.1) is 16.3 Å². The largest absolute Gasteiger partial charge is 0.477 e. The number of thioether (sulfide) groups is 2. The van der Waals surface area contributed by atoms with Crippen molar-refractivity contribution < 1.29 is 19.8 Å². The zero-order valence-electron chi connectivity index (χ0n) is 9.41. The number of carbonyl (C=O) groups excluding carboxylic acids is 1. The number of rotatable bonds is 4. The Bertz CT molecular complexity index is 407. The smallest absolute Gasteiger partial charge is 0.354 e. The van der Waals surface area contributed by atoms with Gasteiger partial charge in [0.1, 0.15) is 5.37 Å². The van der Waals surface area contributed by atoms with E-state index in [9.17, 15) is 14.7 Å². The normalized spacial score (nSPS) is 29.1. The van der Waals surface area contributed by atoms with E-state index in [-0.39, 0.29) is 17.0 Å². The zero-order chi connectivity index (χ0) is 12.7. The second-order valence-corrected chi connectivity index (χ2v) is 6.52. The molecule has 2 heterocycles. The summed E-state index contributed by atoms with van der Waals surface area (Å²) in [5, 5.41) is 18.4. The van der Waals surface area contributed by atoms with Crippen molar-refractivity contribution in [2.75, 3.05) is 5.75 Å². The van der Waals surface area contributed by atoms with E-state index in [4.69, 9.17) is 5.11 Å². The van der Waals surface area contributed by atoms with Crippen LogP contribution in [-0.2, 0) is 9.59 Å². The predicted molar refractivity (Wildman–Crippen MR) is 66.2 cm³/mol. The number of aliphatic carboxylic acids is 1. The maximum atomic E-state index is 11.8. The van der Waals surface area contributed by atoms with E-state index in [0.717, 1.165) is 5.75 Å². The van der Waals surface area contributed by atoms with E-state index in [2.05, 4.69) is 0 Å². The number of carboxylic acid groups (broad SMARTS) is 1. The average molecular weight is 275 g/mol. The van der Waals surface area contributed by atoms with Crippen LogP contribution in [0.25, 0.3) is 0 Å². The van der Waals surface area contributed by atoms with Crippen LogP contribution < -0.4 is 0 Å². The fraction of sp³-hybridized carbons (Fsp3) is 0.600. The van der Waals surface area contributed by atoms with Crippen LogP contribution in [0.1, 0.15) is 13.8 Å². The molecule has 2 aliphatic rings. The third-order valence-corrected chi connectivity index (χ3v) is 5.28. The summed E-state index contributed by atoms with van der Waals surface area (Å²) in [6.45, 7) is 3.49. The number of aliphatic hydroxyl groups excluding tert-OH is 1. The van der Waals surface area contributed by atoms with Crippen LogP contribution in [-0.4, -0.2) is 44.2 Å². The van der Waals surface area contributed by atoms with Crippen LogP contribution in [0, 0.1) is 5.92 Å². The molecule has 0 bridgehead atoms.